The van der Waals surface area contributed by atoms with Crippen LogP contribution in [0.25, 0.3) is 0 Å². The molecule has 2 unspecified atom stereocenters. The first-order chi connectivity index (χ1) is 8.13. The van der Waals surface area contributed by atoms with Gasteiger partial charge in [-0.2, -0.15) is 5.10 Å². The second-order valence-corrected chi connectivity index (χ2v) is 4.26. The van der Waals surface area contributed by atoms with Gasteiger partial charge in [0.05, 0.1) is 18.8 Å². The molecule has 0 saturated carbocycles. The molecule has 0 spiro atoms. The number of nitrogens with zero attached hydrogens (tertiary/aromatic N) is 2. The minimum Gasteiger partial charge on any atom is -0.481 e. The predicted octanol–water partition coefficient (Wildman–Crippen LogP) is 1.36. The van der Waals surface area contributed by atoms with Crippen LogP contribution in [0.5, 0.6) is 5.88 Å². The fourth-order valence-corrected chi connectivity index (χ4v) is 2.01. The number of nitrogens with one attached hydrogen (secondary N) is 1. The minimum absolute atomic E-state index is 0.222. The SMILES string of the molecule is CNC(c1cc(OC)n(C)n1)C(C)CCOC. The van der Waals surface area contributed by atoms with Gasteiger partial charge >= 0.3 is 0 Å². The van der Waals surface area contributed by atoms with Crippen molar-refractivity contribution in [3.63, 3.8) is 0 Å². The van der Waals surface area contributed by atoms with Crippen LogP contribution >= 0.6 is 0 Å². The van der Waals surface area contributed by atoms with Gasteiger partial charge < -0.3 is 14.8 Å². The third-order valence-electron chi connectivity index (χ3n) is 3.04. The van der Waals surface area contributed by atoms with Crippen molar-refractivity contribution in [3.05, 3.63) is 11.8 Å². The normalized spacial score (nSPS) is 14.6. The van der Waals surface area contributed by atoms with Crippen molar-refractivity contribution in [2.75, 3.05) is 27.9 Å². The van der Waals surface area contributed by atoms with Gasteiger partial charge in [0, 0.05) is 26.8 Å². The van der Waals surface area contributed by atoms with Crippen molar-refractivity contribution in [2.24, 2.45) is 13.0 Å². The van der Waals surface area contributed by atoms with E-state index in [0.29, 0.717) is 5.92 Å². The molecule has 1 aromatic heterocycles. The molecule has 1 rings (SSSR count). The van der Waals surface area contributed by atoms with Crippen LogP contribution in [0.1, 0.15) is 25.1 Å². The molecule has 0 saturated heterocycles. The summed E-state index contributed by atoms with van der Waals surface area (Å²) in [5.74, 6) is 1.23. The summed E-state index contributed by atoms with van der Waals surface area (Å²) in [5.41, 5.74) is 1.01. The van der Waals surface area contributed by atoms with Crippen LogP contribution in [0.4, 0.5) is 0 Å². The van der Waals surface area contributed by atoms with Crippen molar-refractivity contribution in [1.29, 1.82) is 0 Å². The zero-order valence-electron chi connectivity index (χ0n) is 11.4. The lowest BCUT2D eigenvalue weighted by molar-refractivity contribution is 0.170. The number of ether oxygens (including phenoxy) is 2. The van der Waals surface area contributed by atoms with E-state index in [1.54, 1.807) is 18.9 Å². The lowest BCUT2D eigenvalue weighted by atomic mass is 9.96. The number of hydrogen-bond donors (Lipinski definition) is 1. The Labute approximate surface area is 103 Å². The Morgan fingerprint density at radius 1 is 1.47 bits per heavy atom. The van der Waals surface area contributed by atoms with E-state index < -0.39 is 0 Å². The zero-order valence-corrected chi connectivity index (χ0v) is 11.4. The summed E-state index contributed by atoms with van der Waals surface area (Å²) < 4.78 is 12.1. The van der Waals surface area contributed by atoms with Gasteiger partial charge in [-0.15, -0.1) is 0 Å². The smallest absolute Gasteiger partial charge is 0.211 e. The number of rotatable bonds is 7. The first kappa shape index (κ1) is 14.0. The highest BCUT2D eigenvalue weighted by molar-refractivity contribution is 5.19. The fraction of sp³-hybridized carbons (Fsp3) is 0.750. The van der Waals surface area contributed by atoms with E-state index >= 15 is 0 Å². The summed E-state index contributed by atoms with van der Waals surface area (Å²) in [5, 5.41) is 7.77. The fourth-order valence-electron chi connectivity index (χ4n) is 2.01. The van der Waals surface area contributed by atoms with Crippen molar-refractivity contribution in [2.45, 2.75) is 19.4 Å². The van der Waals surface area contributed by atoms with Crippen LogP contribution in [0, 0.1) is 5.92 Å². The van der Waals surface area contributed by atoms with Gasteiger partial charge in [0.2, 0.25) is 5.88 Å². The first-order valence-corrected chi connectivity index (χ1v) is 5.88. The van der Waals surface area contributed by atoms with E-state index in [4.69, 9.17) is 9.47 Å². The molecule has 0 fully saturated rings. The maximum absolute atomic E-state index is 5.23. The highest BCUT2D eigenvalue weighted by atomic mass is 16.5. The molecule has 0 aliphatic carbocycles. The lowest BCUT2D eigenvalue weighted by Crippen LogP contribution is -2.25. The van der Waals surface area contributed by atoms with Gasteiger partial charge in [-0.3, -0.25) is 0 Å². The van der Waals surface area contributed by atoms with Gasteiger partial charge in [0.15, 0.2) is 0 Å². The van der Waals surface area contributed by atoms with Crippen molar-refractivity contribution >= 4 is 0 Å². The summed E-state index contributed by atoms with van der Waals surface area (Å²) >= 11 is 0. The Morgan fingerprint density at radius 3 is 2.65 bits per heavy atom. The van der Waals surface area contributed by atoms with Crippen LogP contribution in [0.3, 0.4) is 0 Å². The van der Waals surface area contributed by atoms with E-state index in [9.17, 15) is 0 Å². The van der Waals surface area contributed by atoms with Crippen molar-refractivity contribution in [1.82, 2.24) is 15.1 Å². The molecule has 0 amide bonds. The monoisotopic (exact) mass is 241 g/mol. The zero-order chi connectivity index (χ0) is 12.8. The highest BCUT2D eigenvalue weighted by Crippen LogP contribution is 2.25. The van der Waals surface area contributed by atoms with Gasteiger partial charge in [0.1, 0.15) is 0 Å². The third kappa shape index (κ3) is 3.44. The maximum atomic E-state index is 5.23. The van der Waals surface area contributed by atoms with E-state index in [1.165, 1.54) is 0 Å². The summed E-state index contributed by atoms with van der Waals surface area (Å²) in [6.45, 7) is 2.96. The lowest BCUT2D eigenvalue weighted by Gasteiger charge is -2.21. The molecule has 0 aliphatic rings. The van der Waals surface area contributed by atoms with Gasteiger partial charge in [-0.05, 0) is 19.4 Å². The van der Waals surface area contributed by atoms with E-state index in [1.807, 2.05) is 20.2 Å². The van der Waals surface area contributed by atoms with Crippen LogP contribution < -0.4 is 10.1 Å². The molecular formula is C12H23N3O2. The molecule has 5 heteroatoms. The van der Waals surface area contributed by atoms with Crippen LogP contribution in [-0.2, 0) is 11.8 Å². The average molecular weight is 241 g/mol. The van der Waals surface area contributed by atoms with Crippen molar-refractivity contribution < 1.29 is 9.47 Å². The molecule has 1 N–H and O–H groups in total. The second-order valence-electron chi connectivity index (χ2n) is 4.26. The Morgan fingerprint density at radius 2 is 2.18 bits per heavy atom. The maximum Gasteiger partial charge on any atom is 0.211 e. The quantitative estimate of drug-likeness (QED) is 0.783. The van der Waals surface area contributed by atoms with Gasteiger partial charge in [-0.25, -0.2) is 4.68 Å². The first-order valence-electron chi connectivity index (χ1n) is 5.88. The highest BCUT2D eigenvalue weighted by Gasteiger charge is 2.21. The van der Waals surface area contributed by atoms with Gasteiger partial charge in [-0.1, -0.05) is 6.92 Å². The largest absolute Gasteiger partial charge is 0.481 e. The van der Waals surface area contributed by atoms with E-state index in [2.05, 4.69) is 17.3 Å². The van der Waals surface area contributed by atoms with Gasteiger partial charge in [0.25, 0.3) is 0 Å². The Kier molecular flexibility index (Phi) is 5.44. The molecule has 0 aromatic carbocycles. The molecule has 2 atom stereocenters. The second kappa shape index (κ2) is 6.61. The molecule has 1 heterocycles. The minimum atomic E-state index is 0.222. The number of aromatic nitrogens is 2. The topological polar surface area (TPSA) is 48.3 Å². The number of methoxy groups -OCH3 is 2. The Balaban J connectivity index is 2.77. The average Bonchev–Trinajstić information content (AvgIpc) is 2.68. The summed E-state index contributed by atoms with van der Waals surface area (Å²) in [7, 11) is 7.22. The summed E-state index contributed by atoms with van der Waals surface area (Å²) in [6.07, 6.45) is 1.00. The molecule has 5 nitrogen and oxygen atoms in total. The standard InChI is InChI=1S/C12H23N3O2/c1-9(6-7-16-4)12(13-2)10-8-11(17-5)15(3)14-10/h8-9,12-13H,6-7H2,1-5H3. The third-order valence-corrected chi connectivity index (χ3v) is 3.04. The van der Waals surface area contributed by atoms with Crippen LogP contribution in [0.2, 0.25) is 0 Å². The molecule has 0 bridgehead atoms. The Hall–Kier alpha value is -1.07. The number of hydrogen-bond acceptors (Lipinski definition) is 4. The van der Waals surface area contributed by atoms with Crippen molar-refractivity contribution in [3.8, 4) is 5.88 Å². The molecule has 0 aliphatic heterocycles. The Bertz CT molecular complexity index is 338. The predicted molar refractivity (Wildman–Crippen MR) is 67.2 cm³/mol. The molecule has 0 radical (unpaired) electrons. The van der Waals surface area contributed by atoms with E-state index in [-0.39, 0.29) is 6.04 Å². The molecule has 17 heavy (non-hydrogen) atoms. The summed E-state index contributed by atoms with van der Waals surface area (Å²) in [6, 6.07) is 2.20. The van der Waals surface area contributed by atoms with E-state index in [0.717, 1.165) is 24.6 Å². The molecule has 98 valence electrons. The van der Waals surface area contributed by atoms with Crippen LogP contribution in [-0.4, -0.2) is 37.7 Å². The van der Waals surface area contributed by atoms with Crippen LogP contribution in [0.15, 0.2) is 6.07 Å². The molecule has 1 aromatic rings. The summed E-state index contributed by atoms with van der Waals surface area (Å²) in [4.78, 5) is 0. The molecular weight excluding hydrogens is 218 g/mol. The number of aryl methyl sites for hydroxylation is 1.